The number of hydrogen-bond donors (Lipinski definition) is 1. The predicted molar refractivity (Wildman–Crippen MR) is 123 cm³/mol. The van der Waals surface area contributed by atoms with Crippen LogP contribution in [0.15, 0.2) is 65.6 Å². The number of thiophene rings is 1. The van der Waals surface area contributed by atoms with Gasteiger partial charge in [-0.3, -0.25) is 14.5 Å². The van der Waals surface area contributed by atoms with E-state index in [2.05, 4.69) is 0 Å². The van der Waals surface area contributed by atoms with Crippen LogP contribution in [-0.4, -0.2) is 23.4 Å². The standard InChI is InChI=1S/C23H17Cl2NO4S/c1-2-30-15-8-9-17(25)16(12-15)21(27)19-20(18-7-4-10-31-18)26(23(29)22(19)28)14-6-3-5-13(24)11-14/h3-12,20,27H,2H2,1H3/b21-19-. The van der Waals surface area contributed by atoms with Gasteiger partial charge < -0.3 is 9.84 Å². The third-order valence-electron chi connectivity index (χ3n) is 4.85. The summed E-state index contributed by atoms with van der Waals surface area (Å²) in [5.74, 6) is -1.41. The lowest BCUT2D eigenvalue weighted by atomic mass is 9.99. The topological polar surface area (TPSA) is 66.8 Å². The molecule has 0 bridgehead atoms. The Morgan fingerprint density at radius 1 is 1.13 bits per heavy atom. The van der Waals surface area contributed by atoms with E-state index in [1.807, 2.05) is 24.4 Å². The fourth-order valence-corrected chi connectivity index (χ4v) is 4.74. The average molecular weight is 474 g/mol. The number of carbonyl (C=O) groups excluding carboxylic acids is 2. The number of ketones is 1. The Kier molecular flexibility index (Phi) is 6.05. The van der Waals surface area contributed by atoms with Crippen LogP contribution in [0.3, 0.4) is 0 Å². The number of hydrogen-bond acceptors (Lipinski definition) is 5. The fourth-order valence-electron chi connectivity index (χ4n) is 3.53. The first-order chi connectivity index (χ1) is 14.9. The largest absolute Gasteiger partial charge is 0.507 e. The number of nitrogens with zero attached hydrogens (tertiary/aromatic N) is 1. The highest BCUT2D eigenvalue weighted by Gasteiger charge is 2.47. The summed E-state index contributed by atoms with van der Waals surface area (Å²) < 4.78 is 5.50. The molecule has 1 aliphatic heterocycles. The summed E-state index contributed by atoms with van der Waals surface area (Å²) in [6, 6.07) is 14.3. The van der Waals surface area contributed by atoms with E-state index in [9.17, 15) is 14.7 Å². The van der Waals surface area contributed by atoms with Gasteiger partial charge in [0.1, 0.15) is 17.6 Å². The Balaban J connectivity index is 1.93. The number of halogens is 2. The second-order valence-electron chi connectivity index (χ2n) is 6.74. The monoisotopic (exact) mass is 473 g/mol. The van der Waals surface area contributed by atoms with E-state index < -0.39 is 17.7 Å². The normalized spacial score (nSPS) is 17.9. The number of aliphatic hydroxyl groups is 1. The van der Waals surface area contributed by atoms with Crippen LogP contribution in [-0.2, 0) is 9.59 Å². The number of amides is 1. The van der Waals surface area contributed by atoms with Crippen LogP contribution in [0.25, 0.3) is 5.76 Å². The lowest BCUT2D eigenvalue weighted by Gasteiger charge is -2.24. The van der Waals surface area contributed by atoms with Gasteiger partial charge >= 0.3 is 0 Å². The molecule has 2 heterocycles. The lowest BCUT2D eigenvalue weighted by Crippen LogP contribution is -2.29. The minimum absolute atomic E-state index is 0.0389. The lowest BCUT2D eigenvalue weighted by molar-refractivity contribution is -0.132. The van der Waals surface area contributed by atoms with Crippen LogP contribution >= 0.6 is 34.5 Å². The zero-order chi connectivity index (χ0) is 22.1. The van der Waals surface area contributed by atoms with Crippen molar-refractivity contribution < 1.29 is 19.4 Å². The molecule has 3 aromatic rings. The van der Waals surface area contributed by atoms with Crippen molar-refractivity contribution in [2.45, 2.75) is 13.0 Å². The molecule has 1 atom stereocenters. The second kappa shape index (κ2) is 8.75. The summed E-state index contributed by atoms with van der Waals surface area (Å²) in [6.45, 7) is 2.26. The van der Waals surface area contributed by atoms with E-state index in [1.54, 1.807) is 42.5 Å². The van der Waals surface area contributed by atoms with Gasteiger partial charge in [-0.25, -0.2) is 0 Å². The molecule has 2 aromatic carbocycles. The third kappa shape index (κ3) is 3.94. The van der Waals surface area contributed by atoms with Gasteiger partial charge in [-0.2, -0.15) is 0 Å². The zero-order valence-electron chi connectivity index (χ0n) is 16.3. The van der Waals surface area contributed by atoms with E-state index in [1.165, 1.54) is 16.2 Å². The molecular formula is C23H17Cl2NO4S. The number of anilines is 1. The van der Waals surface area contributed by atoms with Crippen LogP contribution < -0.4 is 9.64 Å². The molecule has 1 fully saturated rings. The molecule has 1 unspecified atom stereocenters. The quantitative estimate of drug-likeness (QED) is 0.277. The molecule has 8 heteroatoms. The molecule has 0 aliphatic carbocycles. The van der Waals surface area contributed by atoms with Crippen molar-refractivity contribution in [1.82, 2.24) is 0 Å². The Hall–Kier alpha value is -2.80. The molecule has 158 valence electrons. The molecule has 1 aromatic heterocycles. The van der Waals surface area contributed by atoms with Crippen molar-refractivity contribution in [3.63, 3.8) is 0 Å². The maximum atomic E-state index is 13.1. The maximum absolute atomic E-state index is 13.1. The van der Waals surface area contributed by atoms with Crippen molar-refractivity contribution >= 4 is 57.7 Å². The van der Waals surface area contributed by atoms with Crippen LogP contribution in [0.1, 0.15) is 23.4 Å². The van der Waals surface area contributed by atoms with Crippen LogP contribution in [0, 0.1) is 0 Å². The fraction of sp³-hybridized carbons (Fsp3) is 0.130. The number of ether oxygens (including phenoxy) is 1. The molecule has 1 amide bonds. The summed E-state index contributed by atoms with van der Waals surface area (Å²) >= 11 is 13.8. The summed E-state index contributed by atoms with van der Waals surface area (Å²) in [5, 5.41) is 13.7. The molecule has 5 nitrogen and oxygen atoms in total. The Bertz CT molecular complexity index is 1190. The summed E-state index contributed by atoms with van der Waals surface area (Å²) in [7, 11) is 0. The number of rotatable bonds is 5. The smallest absolute Gasteiger partial charge is 0.300 e. The molecule has 1 aliphatic rings. The predicted octanol–water partition coefficient (Wildman–Crippen LogP) is 6.08. The van der Waals surface area contributed by atoms with E-state index in [4.69, 9.17) is 27.9 Å². The van der Waals surface area contributed by atoms with Gasteiger partial charge in [-0.15, -0.1) is 11.3 Å². The van der Waals surface area contributed by atoms with Gasteiger partial charge in [0.2, 0.25) is 0 Å². The molecule has 4 rings (SSSR count). The molecule has 31 heavy (non-hydrogen) atoms. The summed E-state index contributed by atoms with van der Waals surface area (Å²) in [4.78, 5) is 28.2. The maximum Gasteiger partial charge on any atom is 0.300 e. The number of Topliss-reactive ketones (excluding diaryl/α,β-unsaturated/α-hetero) is 1. The van der Waals surface area contributed by atoms with E-state index in [0.717, 1.165) is 4.88 Å². The first kappa shape index (κ1) is 21.4. The summed E-state index contributed by atoms with van der Waals surface area (Å²) in [6.07, 6.45) is 0. The summed E-state index contributed by atoms with van der Waals surface area (Å²) in [5.41, 5.74) is 0.641. The second-order valence-corrected chi connectivity index (χ2v) is 8.56. The molecular weight excluding hydrogens is 457 g/mol. The van der Waals surface area contributed by atoms with Gasteiger partial charge in [-0.05, 0) is 54.8 Å². The number of aliphatic hydroxyl groups excluding tert-OH is 1. The first-order valence-electron chi connectivity index (χ1n) is 9.45. The van der Waals surface area contributed by atoms with Crippen molar-refractivity contribution in [2.24, 2.45) is 0 Å². The first-order valence-corrected chi connectivity index (χ1v) is 11.1. The Morgan fingerprint density at radius 3 is 2.61 bits per heavy atom. The van der Waals surface area contributed by atoms with Gasteiger partial charge in [0.15, 0.2) is 0 Å². The highest BCUT2D eigenvalue weighted by molar-refractivity contribution is 7.10. The van der Waals surface area contributed by atoms with Crippen molar-refractivity contribution in [3.8, 4) is 5.75 Å². The van der Waals surface area contributed by atoms with E-state index in [0.29, 0.717) is 23.1 Å². The van der Waals surface area contributed by atoms with Gasteiger partial charge in [0, 0.05) is 21.2 Å². The molecule has 1 N–H and O–H groups in total. The minimum Gasteiger partial charge on any atom is -0.507 e. The van der Waals surface area contributed by atoms with Crippen molar-refractivity contribution in [1.29, 1.82) is 0 Å². The molecule has 0 saturated carbocycles. The Morgan fingerprint density at radius 2 is 1.94 bits per heavy atom. The van der Waals surface area contributed by atoms with Gasteiger partial charge in [0.25, 0.3) is 11.7 Å². The third-order valence-corrected chi connectivity index (χ3v) is 6.34. The highest BCUT2D eigenvalue weighted by Crippen LogP contribution is 2.44. The van der Waals surface area contributed by atoms with Crippen molar-refractivity contribution in [2.75, 3.05) is 11.5 Å². The highest BCUT2D eigenvalue weighted by atomic mass is 35.5. The number of carbonyl (C=O) groups is 2. The SMILES string of the molecule is CCOc1ccc(Cl)c(/C(O)=C2/C(=O)C(=O)N(c3cccc(Cl)c3)C2c2cccs2)c1. The van der Waals surface area contributed by atoms with E-state index in [-0.39, 0.29) is 21.9 Å². The molecule has 0 radical (unpaired) electrons. The average Bonchev–Trinajstić information content (AvgIpc) is 3.36. The minimum atomic E-state index is -0.815. The van der Waals surface area contributed by atoms with Crippen LogP contribution in [0.5, 0.6) is 5.75 Å². The van der Waals surface area contributed by atoms with E-state index >= 15 is 0 Å². The molecule has 0 spiro atoms. The van der Waals surface area contributed by atoms with Crippen molar-refractivity contribution in [3.05, 3.63) is 86.0 Å². The zero-order valence-corrected chi connectivity index (χ0v) is 18.7. The molecule has 1 saturated heterocycles. The number of benzene rings is 2. The van der Waals surface area contributed by atoms with Crippen LogP contribution in [0.2, 0.25) is 10.0 Å². The van der Waals surface area contributed by atoms with Gasteiger partial charge in [0.05, 0.1) is 17.2 Å². The Labute approximate surface area is 193 Å². The van der Waals surface area contributed by atoms with Crippen LogP contribution in [0.4, 0.5) is 5.69 Å². The van der Waals surface area contributed by atoms with Gasteiger partial charge in [-0.1, -0.05) is 35.3 Å².